The van der Waals surface area contributed by atoms with Gasteiger partial charge in [-0.05, 0) is 11.6 Å². The number of hydrogen-bond donors (Lipinski definition) is 2. The van der Waals surface area contributed by atoms with E-state index in [0.717, 1.165) is 16.5 Å². The lowest BCUT2D eigenvalue weighted by Crippen LogP contribution is -2.30. The van der Waals surface area contributed by atoms with Crippen LogP contribution in [0.5, 0.6) is 0 Å². The summed E-state index contributed by atoms with van der Waals surface area (Å²) in [6, 6.07) is 7.65. The molecule has 3 nitrogen and oxygen atoms in total. The molecule has 1 aromatic carbocycles. The molecule has 2 rings (SSSR count). The van der Waals surface area contributed by atoms with Crippen molar-refractivity contribution in [2.24, 2.45) is 5.73 Å². The second-order valence-corrected chi connectivity index (χ2v) is 3.82. The van der Waals surface area contributed by atoms with Gasteiger partial charge >= 0.3 is 0 Å². The zero-order chi connectivity index (χ0) is 10.8. The molecule has 80 valence electrons. The maximum Gasteiger partial charge on any atom is 0.137 e. The molecule has 1 heterocycles. The van der Waals surface area contributed by atoms with Gasteiger partial charge in [-0.3, -0.25) is 0 Å². The standard InChI is InChI=1S/C12H15NO2/c1-8(11(13)7-14)10-4-2-3-9-5-6-15-12(9)10/h2-6,8,11,14H,7,13H2,1H3. The molecule has 0 aliphatic rings. The van der Waals surface area contributed by atoms with Gasteiger partial charge < -0.3 is 15.3 Å². The van der Waals surface area contributed by atoms with Crippen molar-refractivity contribution in [3.8, 4) is 0 Å². The van der Waals surface area contributed by atoms with Crippen LogP contribution >= 0.6 is 0 Å². The normalized spacial score (nSPS) is 15.4. The summed E-state index contributed by atoms with van der Waals surface area (Å²) >= 11 is 0. The van der Waals surface area contributed by atoms with E-state index in [1.54, 1.807) is 6.26 Å². The molecule has 0 aliphatic heterocycles. The van der Waals surface area contributed by atoms with Gasteiger partial charge in [0.15, 0.2) is 0 Å². The van der Waals surface area contributed by atoms with Gasteiger partial charge in [0.05, 0.1) is 12.9 Å². The van der Waals surface area contributed by atoms with E-state index in [1.165, 1.54) is 0 Å². The first kappa shape index (κ1) is 10.2. The molecule has 0 aliphatic carbocycles. The first-order valence-electron chi connectivity index (χ1n) is 5.06. The predicted molar refractivity (Wildman–Crippen MR) is 59.7 cm³/mol. The Kier molecular flexibility index (Phi) is 2.75. The molecule has 0 amide bonds. The van der Waals surface area contributed by atoms with E-state index >= 15 is 0 Å². The van der Waals surface area contributed by atoms with Gasteiger partial charge in [0.1, 0.15) is 5.58 Å². The van der Waals surface area contributed by atoms with Crippen LogP contribution in [0.1, 0.15) is 18.4 Å². The Morgan fingerprint density at radius 3 is 2.93 bits per heavy atom. The highest BCUT2D eigenvalue weighted by Crippen LogP contribution is 2.27. The smallest absolute Gasteiger partial charge is 0.137 e. The molecular weight excluding hydrogens is 190 g/mol. The quantitative estimate of drug-likeness (QED) is 0.804. The Labute approximate surface area is 88.5 Å². The van der Waals surface area contributed by atoms with Crippen molar-refractivity contribution in [3.63, 3.8) is 0 Å². The highest BCUT2D eigenvalue weighted by molar-refractivity contribution is 5.80. The summed E-state index contributed by atoms with van der Waals surface area (Å²) in [5, 5.41) is 10.1. The van der Waals surface area contributed by atoms with E-state index in [1.807, 2.05) is 31.2 Å². The largest absolute Gasteiger partial charge is 0.464 e. The van der Waals surface area contributed by atoms with Crippen LogP contribution in [-0.2, 0) is 0 Å². The monoisotopic (exact) mass is 205 g/mol. The number of para-hydroxylation sites is 1. The van der Waals surface area contributed by atoms with Crippen LogP contribution in [0.15, 0.2) is 34.9 Å². The number of fused-ring (bicyclic) bond motifs is 1. The third-order valence-electron chi connectivity index (χ3n) is 2.85. The van der Waals surface area contributed by atoms with Gasteiger partial charge in [-0.15, -0.1) is 0 Å². The fraction of sp³-hybridized carbons (Fsp3) is 0.333. The van der Waals surface area contributed by atoms with Crippen LogP contribution in [0.4, 0.5) is 0 Å². The molecule has 1 aromatic heterocycles. The molecule has 2 aromatic rings. The molecule has 3 N–H and O–H groups in total. The van der Waals surface area contributed by atoms with Gasteiger partial charge in [0, 0.05) is 17.3 Å². The van der Waals surface area contributed by atoms with E-state index in [2.05, 4.69) is 0 Å². The molecule has 3 heteroatoms. The maximum atomic E-state index is 9.03. The van der Waals surface area contributed by atoms with Crippen molar-refractivity contribution in [3.05, 3.63) is 36.1 Å². The van der Waals surface area contributed by atoms with E-state index in [0.29, 0.717) is 0 Å². The Balaban J connectivity index is 2.46. The zero-order valence-electron chi connectivity index (χ0n) is 8.68. The molecule has 0 fully saturated rings. The van der Waals surface area contributed by atoms with Crippen LogP contribution in [0.3, 0.4) is 0 Å². The minimum atomic E-state index is -0.249. The van der Waals surface area contributed by atoms with Crippen LogP contribution in [0.25, 0.3) is 11.0 Å². The number of hydrogen-bond acceptors (Lipinski definition) is 3. The van der Waals surface area contributed by atoms with Crippen LogP contribution in [-0.4, -0.2) is 17.8 Å². The number of aliphatic hydroxyl groups excluding tert-OH is 1. The lowest BCUT2D eigenvalue weighted by molar-refractivity contribution is 0.252. The fourth-order valence-electron chi connectivity index (χ4n) is 1.76. The average Bonchev–Trinajstić information content (AvgIpc) is 2.74. The van der Waals surface area contributed by atoms with Crippen LogP contribution < -0.4 is 5.73 Å². The SMILES string of the molecule is CC(c1cccc2ccoc12)C(N)CO. The summed E-state index contributed by atoms with van der Waals surface area (Å²) < 4.78 is 5.43. The van der Waals surface area contributed by atoms with Crippen molar-refractivity contribution >= 4 is 11.0 Å². The number of benzene rings is 1. The topological polar surface area (TPSA) is 59.4 Å². The summed E-state index contributed by atoms with van der Waals surface area (Å²) in [4.78, 5) is 0. The van der Waals surface area contributed by atoms with Crippen molar-refractivity contribution in [2.45, 2.75) is 18.9 Å². The predicted octanol–water partition coefficient (Wildman–Crippen LogP) is 1.86. The van der Waals surface area contributed by atoms with E-state index in [9.17, 15) is 0 Å². The van der Waals surface area contributed by atoms with E-state index in [4.69, 9.17) is 15.3 Å². The highest BCUT2D eigenvalue weighted by Gasteiger charge is 2.17. The van der Waals surface area contributed by atoms with E-state index < -0.39 is 0 Å². The van der Waals surface area contributed by atoms with Crippen LogP contribution in [0.2, 0.25) is 0 Å². The third-order valence-corrected chi connectivity index (χ3v) is 2.85. The molecule has 2 atom stereocenters. The van der Waals surface area contributed by atoms with Gasteiger partial charge in [-0.2, -0.15) is 0 Å². The summed E-state index contributed by atoms with van der Waals surface area (Å²) in [7, 11) is 0. The van der Waals surface area contributed by atoms with Gasteiger partial charge in [-0.25, -0.2) is 0 Å². The van der Waals surface area contributed by atoms with Crippen molar-refractivity contribution < 1.29 is 9.52 Å². The van der Waals surface area contributed by atoms with Crippen molar-refractivity contribution in [1.82, 2.24) is 0 Å². The lowest BCUT2D eigenvalue weighted by atomic mass is 9.93. The molecule has 0 bridgehead atoms. The second-order valence-electron chi connectivity index (χ2n) is 3.82. The molecule has 2 unspecified atom stereocenters. The van der Waals surface area contributed by atoms with Crippen LogP contribution in [0, 0.1) is 0 Å². The lowest BCUT2D eigenvalue weighted by Gasteiger charge is -2.17. The summed E-state index contributed by atoms with van der Waals surface area (Å²) in [6.07, 6.45) is 1.67. The number of rotatable bonds is 3. The Bertz CT molecular complexity index is 450. The Hall–Kier alpha value is -1.32. The molecule has 0 saturated carbocycles. The fourth-order valence-corrected chi connectivity index (χ4v) is 1.76. The summed E-state index contributed by atoms with van der Waals surface area (Å²) in [6.45, 7) is 1.98. The number of furan rings is 1. The van der Waals surface area contributed by atoms with E-state index in [-0.39, 0.29) is 18.6 Å². The molecule has 0 spiro atoms. The number of nitrogens with two attached hydrogens (primary N) is 1. The first-order valence-corrected chi connectivity index (χ1v) is 5.06. The molecule has 0 radical (unpaired) electrons. The summed E-state index contributed by atoms with van der Waals surface area (Å²) in [5.41, 5.74) is 7.74. The first-order chi connectivity index (χ1) is 7.24. The molecular formula is C12H15NO2. The second kappa shape index (κ2) is 4.04. The van der Waals surface area contributed by atoms with Gasteiger partial charge in [-0.1, -0.05) is 25.1 Å². The minimum Gasteiger partial charge on any atom is -0.464 e. The van der Waals surface area contributed by atoms with Crippen molar-refractivity contribution in [1.29, 1.82) is 0 Å². The van der Waals surface area contributed by atoms with Gasteiger partial charge in [0.25, 0.3) is 0 Å². The number of aliphatic hydroxyl groups is 1. The maximum absolute atomic E-state index is 9.03. The Morgan fingerprint density at radius 1 is 1.40 bits per heavy atom. The van der Waals surface area contributed by atoms with Crippen molar-refractivity contribution in [2.75, 3.05) is 6.61 Å². The Morgan fingerprint density at radius 2 is 2.20 bits per heavy atom. The zero-order valence-corrected chi connectivity index (χ0v) is 8.68. The highest BCUT2D eigenvalue weighted by atomic mass is 16.3. The average molecular weight is 205 g/mol. The van der Waals surface area contributed by atoms with Gasteiger partial charge in [0.2, 0.25) is 0 Å². The molecule has 15 heavy (non-hydrogen) atoms. The summed E-state index contributed by atoms with van der Waals surface area (Å²) in [5.74, 6) is 0.0878. The minimum absolute atomic E-state index is 0.0156. The third kappa shape index (κ3) is 1.76. The molecule has 0 saturated heterocycles.